The van der Waals surface area contributed by atoms with Crippen molar-refractivity contribution in [3.8, 4) is 11.5 Å². The first-order valence-corrected chi connectivity index (χ1v) is 8.25. The first kappa shape index (κ1) is 14.9. The average Bonchev–Trinajstić information content (AvgIpc) is 3.26. The molecule has 21 heavy (non-hydrogen) atoms. The van der Waals surface area contributed by atoms with E-state index in [4.69, 9.17) is 16.3 Å². The molecule has 0 bridgehead atoms. The number of hydrogen-bond acceptors (Lipinski definition) is 2. The highest BCUT2D eigenvalue weighted by Gasteiger charge is 2.20. The topological polar surface area (TPSA) is 21.3 Å². The fourth-order valence-corrected chi connectivity index (χ4v) is 2.75. The zero-order valence-corrected chi connectivity index (χ0v) is 14.2. The van der Waals surface area contributed by atoms with Gasteiger partial charge in [-0.25, -0.2) is 0 Å². The van der Waals surface area contributed by atoms with E-state index in [0.29, 0.717) is 11.1 Å². The summed E-state index contributed by atoms with van der Waals surface area (Å²) in [4.78, 5) is 0. The Bertz CT molecular complexity index is 655. The van der Waals surface area contributed by atoms with Gasteiger partial charge in [0.1, 0.15) is 11.5 Å². The Morgan fingerprint density at radius 1 is 1.24 bits per heavy atom. The molecule has 1 aliphatic rings. The highest BCUT2D eigenvalue weighted by atomic mass is 79.9. The number of aryl methyl sites for hydroxylation is 1. The van der Waals surface area contributed by atoms with Crippen molar-refractivity contribution < 1.29 is 4.74 Å². The maximum atomic E-state index is 6.02. The Balaban J connectivity index is 1.73. The summed E-state index contributed by atoms with van der Waals surface area (Å²) in [6, 6.07) is 12.5. The maximum Gasteiger partial charge on any atom is 0.131 e. The molecule has 1 fully saturated rings. The van der Waals surface area contributed by atoms with Gasteiger partial charge in [0.15, 0.2) is 0 Å². The van der Waals surface area contributed by atoms with Crippen molar-refractivity contribution in [1.29, 1.82) is 0 Å². The molecule has 0 heterocycles. The predicted octanol–water partition coefficient (Wildman–Crippen LogP) is 5.46. The van der Waals surface area contributed by atoms with Crippen LogP contribution >= 0.6 is 27.5 Å². The molecule has 1 saturated carbocycles. The van der Waals surface area contributed by atoms with Crippen LogP contribution in [0.1, 0.15) is 24.0 Å². The first-order valence-electron chi connectivity index (χ1n) is 7.07. The van der Waals surface area contributed by atoms with E-state index in [2.05, 4.69) is 27.3 Å². The van der Waals surface area contributed by atoms with Crippen LogP contribution in [0.3, 0.4) is 0 Å². The molecule has 0 atom stereocenters. The average molecular weight is 367 g/mol. The van der Waals surface area contributed by atoms with Crippen LogP contribution in [0.5, 0.6) is 11.5 Å². The van der Waals surface area contributed by atoms with E-state index >= 15 is 0 Å². The minimum absolute atomic E-state index is 0.680. The summed E-state index contributed by atoms with van der Waals surface area (Å²) in [5, 5.41) is 4.19. The molecule has 0 radical (unpaired) electrons. The Morgan fingerprint density at radius 3 is 2.76 bits per heavy atom. The van der Waals surface area contributed by atoms with Crippen LogP contribution in [0.25, 0.3) is 0 Å². The van der Waals surface area contributed by atoms with Gasteiger partial charge in [0.25, 0.3) is 0 Å². The van der Waals surface area contributed by atoms with Gasteiger partial charge in [0.05, 0.1) is 0 Å². The maximum absolute atomic E-state index is 6.02. The van der Waals surface area contributed by atoms with Gasteiger partial charge >= 0.3 is 0 Å². The summed E-state index contributed by atoms with van der Waals surface area (Å²) in [6.07, 6.45) is 2.60. The number of halogens is 2. The van der Waals surface area contributed by atoms with E-state index < -0.39 is 0 Å². The monoisotopic (exact) mass is 365 g/mol. The molecule has 0 aliphatic heterocycles. The van der Waals surface area contributed by atoms with Gasteiger partial charge in [0.2, 0.25) is 0 Å². The second-order valence-electron chi connectivity index (χ2n) is 5.42. The second-order valence-corrected chi connectivity index (χ2v) is 6.71. The lowest BCUT2D eigenvalue weighted by molar-refractivity contribution is 0.478. The van der Waals surface area contributed by atoms with Crippen molar-refractivity contribution in [3.05, 3.63) is 57.0 Å². The lowest BCUT2D eigenvalue weighted by Gasteiger charge is -2.11. The van der Waals surface area contributed by atoms with Crippen molar-refractivity contribution in [2.24, 2.45) is 0 Å². The zero-order valence-electron chi connectivity index (χ0n) is 11.8. The Kier molecular flexibility index (Phi) is 4.53. The van der Waals surface area contributed by atoms with Crippen LogP contribution in [0.2, 0.25) is 5.02 Å². The Morgan fingerprint density at radius 2 is 2.05 bits per heavy atom. The van der Waals surface area contributed by atoms with Crippen LogP contribution < -0.4 is 10.1 Å². The SMILES string of the molecule is Cc1ccc(Cl)cc1Oc1ccc(CNC2CC2)c(Br)c1. The normalized spacial score (nSPS) is 14.2. The molecule has 1 aliphatic carbocycles. The molecule has 110 valence electrons. The van der Waals surface area contributed by atoms with Gasteiger partial charge in [-0.1, -0.05) is 39.7 Å². The van der Waals surface area contributed by atoms with Crippen molar-refractivity contribution in [2.75, 3.05) is 0 Å². The summed E-state index contributed by atoms with van der Waals surface area (Å²) in [5.74, 6) is 1.60. The number of ether oxygens (including phenoxy) is 1. The van der Waals surface area contributed by atoms with Crippen LogP contribution in [0.4, 0.5) is 0 Å². The van der Waals surface area contributed by atoms with Crippen molar-refractivity contribution >= 4 is 27.5 Å². The van der Waals surface area contributed by atoms with Gasteiger partial charge < -0.3 is 10.1 Å². The van der Waals surface area contributed by atoms with Gasteiger partial charge in [-0.2, -0.15) is 0 Å². The Labute approximate surface area is 138 Å². The molecule has 2 nitrogen and oxygen atoms in total. The third-order valence-electron chi connectivity index (χ3n) is 3.56. The molecule has 0 saturated heterocycles. The zero-order chi connectivity index (χ0) is 14.8. The summed E-state index contributed by atoms with van der Waals surface area (Å²) in [5.41, 5.74) is 2.31. The molecule has 0 spiro atoms. The summed E-state index contributed by atoms with van der Waals surface area (Å²) in [6.45, 7) is 2.90. The molecule has 0 unspecified atom stereocenters. The quantitative estimate of drug-likeness (QED) is 0.759. The fourth-order valence-electron chi connectivity index (χ4n) is 2.09. The van der Waals surface area contributed by atoms with Gasteiger partial charge in [-0.05, 0) is 55.2 Å². The molecule has 4 heteroatoms. The first-order chi connectivity index (χ1) is 10.1. The smallest absolute Gasteiger partial charge is 0.131 e. The van der Waals surface area contributed by atoms with Gasteiger partial charge in [-0.3, -0.25) is 0 Å². The largest absolute Gasteiger partial charge is 0.457 e. The number of hydrogen-bond donors (Lipinski definition) is 1. The molecule has 0 aromatic heterocycles. The van der Waals surface area contributed by atoms with Gasteiger partial charge in [-0.15, -0.1) is 0 Å². The molecule has 2 aromatic carbocycles. The summed E-state index contributed by atoms with van der Waals surface area (Å²) >= 11 is 9.64. The standard InChI is InChI=1S/C17H17BrClNO/c1-11-2-4-13(19)8-17(11)21-15-7-3-12(16(18)9-15)10-20-14-5-6-14/h2-4,7-9,14,20H,5-6,10H2,1H3. The van der Waals surface area contributed by atoms with E-state index in [-0.39, 0.29) is 0 Å². The van der Waals surface area contributed by atoms with Gasteiger partial charge in [0, 0.05) is 22.1 Å². The minimum atomic E-state index is 0.680. The molecular formula is C17H17BrClNO. The van der Waals surface area contributed by atoms with Crippen molar-refractivity contribution in [3.63, 3.8) is 0 Å². The fraction of sp³-hybridized carbons (Fsp3) is 0.294. The lowest BCUT2D eigenvalue weighted by atomic mass is 10.2. The van der Waals surface area contributed by atoms with E-state index in [1.807, 2.05) is 37.3 Å². The molecule has 1 N–H and O–H groups in total. The highest BCUT2D eigenvalue weighted by Crippen LogP contribution is 2.31. The van der Waals surface area contributed by atoms with Crippen LogP contribution in [-0.4, -0.2) is 6.04 Å². The predicted molar refractivity (Wildman–Crippen MR) is 90.3 cm³/mol. The highest BCUT2D eigenvalue weighted by molar-refractivity contribution is 9.10. The number of nitrogens with one attached hydrogen (secondary N) is 1. The van der Waals surface area contributed by atoms with E-state index in [0.717, 1.165) is 28.1 Å². The van der Waals surface area contributed by atoms with E-state index in [1.165, 1.54) is 18.4 Å². The summed E-state index contributed by atoms with van der Waals surface area (Å²) in [7, 11) is 0. The van der Waals surface area contributed by atoms with Crippen LogP contribution in [0, 0.1) is 6.92 Å². The molecule has 2 aromatic rings. The minimum Gasteiger partial charge on any atom is -0.457 e. The third-order valence-corrected chi connectivity index (χ3v) is 4.53. The van der Waals surface area contributed by atoms with E-state index in [1.54, 1.807) is 0 Å². The second kappa shape index (κ2) is 6.39. The number of benzene rings is 2. The van der Waals surface area contributed by atoms with E-state index in [9.17, 15) is 0 Å². The summed E-state index contributed by atoms with van der Waals surface area (Å²) < 4.78 is 6.99. The number of rotatable bonds is 5. The molecular weight excluding hydrogens is 350 g/mol. The van der Waals surface area contributed by atoms with Crippen LogP contribution in [-0.2, 0) is 6.54 Å². The van der Waals surface area contributed by atoms with Crippen molar-refractivity contribution in [1.82, 2.24) is 5.32 Å². The van der Waals surface area contributed by atoms with Crippen LogP contribution in [0.15, 0.2) is 40.9 Å². The molecule has 3 rings (SSSR count). The molecule has 0 amide bonds. The lowest BCUT2D eigenvalue weighted by Crippen LogP contribution is -2.15. The third kappa shape index (κ3) is 4.00. The Hall–Kier alpha value is -1.03. The van der Waals surface area contributed by atoms with Crippen molar-refractivity contribution in [2.45, 2.75) is 32.4 Å².